The molecule has 2 unspecified atom stereocenters. The van der Waals surface area contributed by atoms with Gasteiger partial charge in [-0.05, 0) is 30.0 Å². The van der Waals surface area contributed by atoms with Crippen molar-refractivity contribution >= 4 is 0 Å². The Labute approximate surface area is 115 Å². The molecule has 0 saturated carbocycles. The van der Waals surface area contributed by atoms with Crippen molar-refractivity contribution in [3.8, 4) is 0 Å². The lowest BCUT2D eigenvalue weighted by Gasteiger charge is -2.30. The van der Waals surface area contributed by atoms with Crippen LogP contribution in [-0.2, 0) is 6.54 Å². The lowest BCUT2D eigenvalue weighted by molar-refractivity contribution is 0.153. The normalized spacial score (nSPS) is 20.2. The first-order chi connectivity index (χ1) is 9.31. The molecule has 98 valence electrons. The Morgan fingerprint density at radius 2 is 1.74 bits per heavy atom. The van der Waals surface area contributed by atoms with Crippen LogP contribution in [0.15, 0.2) is 54.6 Å². The van der Waals surface area contributed by atoms with Crippen molar-refractivity contribution in [1.29, 1.82) is 0 Å². The molecule has 1 heterocycles. The van der Waals surface area contributed by atoms with E-state index in [2.05, 4.69) is 73.3 Å². The fourth-order valence-electron chi connectivity index (χ4n) is 3.27. The van der Waals surface area contributed by atoms with Crippen molar-refractivity contribution in [3.05, 3.63) is 71.3 Å². The summed E-state index contributed by atoms with van der Waals surface area (Å²) in [6.45, 7) is 5.69. The summed E-state index contributed by atoms with van der Waals surface area (Å²) in [4.78, 5) is 2.62. The van der Waals surface area contributed by atoms with Gasteiger partial charge in [0, 0.05) is 18.6 Å². The Kier molecular flexibility index (Phi) is 3.39. The van der Waals surface area contributed by atoms with E-state index in [1.54, 1.807) is 0 Å². The quantitative estimate of drug-likeness (QED) is 0.763. The van der Waals surface area contributed by atoms with E-state index < -0.39 is 0 Å². The van der Waals surface area contributed by atoms with Gasteiger partial charge < -0.3 is 0 Å². The van der Waals surface area contributed by atoms with Crippen molar-refractivity contribution in [2.45, 2.75) is 38.9 Å². The van der Waals surface area contributed by atoms with Crippen LogP contribution in [0.2, 0.25) is 0 Å². The number of benzene rings is 2. The zero-order valence-electron chi connectivity index (χ0n) is 11.7. The van der Waals surface area contributed by atoms with Crippen LogP contribution in [0.5, 0.6) is 0 Å². The summed E-state index contributed by atoms with van der Waals surface area (Å²) in [5.41, 5.74) is 4.43. The van der Waals surface area contributed by atoms with Crippen LogP contribution in [0.4, 0.5) is 0 Å². The lowest BCUT2D eigenvalue weighted by atomic mass is 10.0. The van der Waals surface area contributed by atoms with Crippen LogP contribution in [0.1, 0.15) is 49.0 Å². The molecule has 0 aliphatic carbocycles. The Balaban J connectivity index is 1.91. The van der Waals surface area contributed by atoms with E-state index in [0.717, 1.165) is 6.54 Å². The van der Waals surface area contributed by atoms with Gasteiger partial charge in [-0.15, -0.1) is 0 Å². The maximum Gasteiger partial charge on any atom is 0.0358 e. The monoisotopic (exact) mass is 251 g/mol. The summed E-state index contributed by atoms with van der Waals surface area (Å²) in [6, 6.07) is 20.8. The van der Waals surface area contributed by atoms with Gasteiger partial charge in [0.2, 0.25) is 0 Å². The van der Waals surface area contributed by atoms with Gasteiger partial charge in [0.05, 0.1) is 0 Å². The van der Waals surface area contributed by atoms with E-state index in [-0.39, 0.29) is 0 Å². The second-order valence-electron chi connectivity index (χ2n) is 5.38. The molecule has 2 atom stereocenters. The van der Waals surface area contributed by atoms with Gasteiger partial charge in [0.1, 0.15) is 0 Å². The van der Waals surface area contributed by atoms with Gasteiger partial charge in [-0.3, -0.25) is 4.90 Å². The third kappa shape index (κ3) is 2.19. The molecule has 0 fully saturated rings. The molecule has 0 spiro atoms. The average molecular weight is 251 g/mol. The highest BCUT2D eigenvalue weighted by molar-refractivity contribution is 5.35. The zero-order chi connectivity index (χ0) is 13.2. The molecule has 0 aromatic heterocycles. The van der Waals surface area contributed by atoms with Crippen LogP contribution >= 0.6 is 0 Å². The minimum absolute atomic E-state index is 0.471. The summed E-state index contributed by atoms with van der Waals surface area (Å²) in [5.74, 6) is 0. The molecule has 0 amide bonds. The first-order valence-corrected chi connectivity index (χ1v) is 7.19. The molecule has 2 aromatic rings. The highest BCUT2D eigenvalue weighted by Crippen LogP contribution is 2.41. The molecule has 3 rings (SSSR count). The van der Waals surface area contributed by atoms with Gasteiger partial charge in [0.15, 0.2) is 0 Å². The van der Waals surface area contributed by atoms with Crippen molar-refractivity contribution in [1.82, 2.24) is 4.90 Å². The van der Waals surface area contributed by atoms with Crippen molar-refractivity contribution < 1.29 is 0 Å². The van der Waals surface area contributed by atoms with Crippen LogP contribution in [0, 0.1) is 0 Å². The van der Waals surface area contributed by atoms with Crippen molar-refractivity contribution in [2.24, 2.45) is 0 Å². The molecule has 0 bridgehead atoms. The number of nitrogens with zero attached hydrogens (tertiary/aromatic N) is 1. The molecule has 1 aliphatic rings. The molecular formula is C18H21N. The molecular weight excluding hydrogens is 230 g/mol. The standard InChI is InChI=1S/C18H21N/c1-3-18-17-12-8-7-11-16(17)13-19(18)14(2)15-9-5-4-6-10-15/h4-12,14,18H,3,13H2,1-2H3. The first-order valence-electron chi connectivity index (χ1n) is 7.19. The highest BCUT2D eigenvalue weighted by Gasteiger charge is 2.31. The van der Waals surface area contributed by atoms with Crippen molar-refractivity contribution in [2.75, 3.05) is 0 Å². The van der Waals surface area contributed by atoms with Crippen LogP contribution < -0.4 is 0 Å². The van der Waals surface area contributed by atoms with Crippen LogP contribution in [0.25, 0.3) is 0 Å². The van der Waals surface area contributed by atoms with Gasteiger partial charge in [-0.1, -0.05) is 61.5 Å². The van der Waals surface area contributed by atoms with Gasteiger partial charge in [-0.2, -0.15) is 0 Å². The molecule has 2 aromatic carbocycles. The van der Waals surface area contributed by atoms with E-state index in [0.29, 0.717) is 12.1 Å². The fraction of sp³-hybridized carbons (Fsp3) is 0.333. The van der Waals surface area contributed by atoms with Crippen molar-refractivity contribution in [3.63, 3.8) is 0 Å². The molecule has 1 heteroatoms. The van der Waals surface area contributed by atoms with Gasteiger partial charge in [-0.25, -0.2) is 0 Å². The molecule has 19 heavy (non-hydrogen) atoms. The predicted molar refractivity (Wildman–Crippen MR) is 79.9 cm³/mol. The van der Waals surface area contributed by atoms with Crippen LogP contribution in [0.3, 0.4) is 0 Å². The SMILES string of the molecule is CCC1c2ccccc2CN1C(C)c1ccccc1. The second kappa shape index (κ2) is 5.18. The van der Waals surface area contributed by atoms with E-state index in [1.165, 1.54) is 23.1 Å². The first kappa shape index (κ1) is 12.4. The summed E-state index contributed by atoms with van der Waals surface area (Å²) in [5, 5.41) is 0. The zero-order valence-corrected chi connectivity index (χ0v) is 11.7. The number of hydrogen-bond acceptors (Lipinski definition) is 1. The smallest absolute Gasteiger partial charge is 0.0358 e. The number of fused-ring (bicyclic) bond motifs is 1. The van der Waals surface area contributed by atoms with E-state index in [9.17, 15) is 0 Å². The average Bonchev–Trinajstić information content (AvgIpc) is 2.85. The fourth-order valence-corrected chi connectivity index (χ4v) is 3.27. The molecule has 0 N–H and O–H groups in total. The third-order valence-electron chi connectivity index (χ3n) is 4.33. The molecule has 0 saturated heterocycles. The maximum atomic E-state index is 2.62. The number of rotatable bonds is 3. The molecule has 1 nitrogen and oxygen atoms in total. The predicted octanol–water partition coefficient (Wildman–Crippen LogP) is 4.71. The molecule has 1 aliphatic heterocycles. The summed E-state index contributed by atoms with van der Waals surface area (Å²) < 4.78 is 0. The summed E-state index contributed by atoms with van der Waals surface area (Å²) in [7, 11) is 0. The Morgan fingerprint density at radius 3 is 2.47 bits per heavy atom. The van der Waals surface area contributed by atoms with Crippen LogP contribution in [-0.4, -0.2) is 4.90 Å². The second-order valence-corrected chi connectivity index (χ2v) is 5.38. The van der Waals surface area contributed by atoms with Gasteiger partial charge in [0.25, 0.3) is 0 Å². The summed E-state index contributed by atoms with van der Waals surface area (Å²) in [6.07, 6.45) is 1.17. The highest BCUT2D eigenvalue weighted by atomic mass is 15.2. The lowest BCUT2D eigenvalue weighted by Crippen LogP contribution is -2.25. The van der Waals surface area contributed by atoms with E-state index in [1.807, 2.05) is 0 Å². The largest absolute Gasteiger partial charge is 0.285 e. The minimum Gasteiger partial charge on any atom is -0.285 e. The third-order valence-corrected chi connectivity index (χ3v) is 4.33. The Bertz CT molecular complexity index is 547. The van der Waals surface area contributed by atoms with Gasteiger partial charge >= 0.3 is 0 Å². The Morgan fingerprint density at radius 1 is 1.05 bits per heavy atom. The van der Waals surface area contributed by atoms with E-state index >= 15 is 0 Å². The minimum atomic E-state index is 0.471. The van der Waals surface area contributed by atoms with E-state index in [4.69, 9.17) is 0 Å². The number of hydrogen-bond donors (Lipinski definition) is 0. The molecule has 0 radical (unpaired) electrons. The topological polar surface area (TPSA) is 3.24 Å². The summed E-state index contributed by atoms with van der Waals surface area (Å²) >= 11 is 0. The Hall–Kier alpha value is -1.60. The maximum absolute atomic E-state index is 2.62.